The van der Waals surface area contributed by atoms with Crippen molar-refractivity contribution in [3.8, 4) is 552 Å². The molecule has 0 radical (unpaired) electrons. The molecule has 0 saturated heterocycles. The Labute approximate surface area is 678 Å². The Morgan fingerprint density at radius 1 is 0.113 bits per heavy atom. The first-order chi connectivity index (χ1) is 51.0. The van der Waals surface area contributed by atoms with Crippen LogP contribution in [0.3, 0.4) is 0 Å². The monoisotopic (exact) mass is 1450 g/mol. The van der Waals surface area contributed by atoms with Gasteiger partial charge in [-0.3, -0.25) is 0 Å². The number of hydrogen-bond acceptors (Lipinski definition) is 0. The first kappa shape index (κ1) is 124. The maximum atomic E-state index is 4.86. The summed E-state index contributed by atoms with van der Waals surface area (Å²) < 4.78 is 0. The predicted octanol–water partition coefficient (Wildman–Crippen LogP) is 8.67. The zero-order valence-corrected chi connectivity index (χ0v) is 62.7. The summed E-state index contributed by atoms with van der Waals surface area (Å²) in [7, 11) is 0. The second-order valence-electron chi connectivity index (χ2n) is 11.5. The molecule has 0 saturated carbocycles. The van der Waals surface area contributed by atoms with Crippen LogP contribution in [0, 0.1) is 593 Å². The SMILES string of the molecule is C.C#C.C#CC.C#CC#CC.C#CC#CC#C.C#CC#CC#CC.C#CC#CC#CC#CC.C#CC#CC#CC#CC#C.C#CC#CC#CC#CC#CC.C#CC#CC#CC#CC#CC#CC.C#CC#CC#CC#CC#CC#CC#C.CC#CC.CC#CC#CC#CC.CC#CC#CC#CC#CC#CC.[Ce]. The van der Waals surface area contributed by atoms with Gasteiger partial charge in [0.1, 0.15) is 0 Å². The maximum absolute atomic E-state index is 4.86. The van der Waals surface area contributed by atoms with E-state index in [1.807, 2.05) is 13.8 Å². The van der Waals surface area contributed by atoms with E-state index < -0.39 is 0 Å². The van der Waals surface area contributed by atoms with Gasteiger partial charge in [0.25, 0.3) is 0 Å². The number of terminal acetylenes is 13. The molecule has 106 heavy (non-hydrogen) atoms. The number of hydrogen-bond donors (Lipinski definition) is 0. The van der Waals surface area contributed by atoms with Crippen LogP contribution in [0.2, 0.25) is 0 Å². The molecule has 0 aliphatic rings. The fourth-order valence-corrected chi connectivity index (χ4v) is 2.06. The second-order valence-corrected chi connectivity index (χ2v) is 11.5. The van der Waals surface area contributed by atoms with Gasteiger partial charge in [0.05, 0.1) is 0 Å². The predicted molar refractivity (Wildman–Crippen MR) is 447 cm³/mol. The molecular formula is C105H54Ce. The van der Waals surface area contributed by atoms with Crippen LogP contribution in [0.1, 0.15) is 90.5 Å². The van der Waals surface area contributed by atoms with Gasteiger partial charge < -0.3 is 0 Å². The molecule has 0 rings (SSSR count). The third-order valence-corrected chi connectivity index (χ3v) is 4.98. The van der Waals surface area contributed by atoms with Crippen molar-refractivity contribution in [2.45, 2.75) is 90.5 Å². The summed E-state index contributed by atoms with van der Waals surface area (Å²) in [6, 6.07) is 0. The van der Waals surface area contributed by atoms with E-state index in [0.717, 1.165) is 0 Å². The van der Waals surface area contributed by atoms with Crippen LogP contribution >= 0.6 is 0 Å². The van der Waals surface area contributed by atoms with Gasteiger partial charge in [0.2, 0.25) is 0 Å². The minimum atomic E-state index is 0. The van der Waals surface area contributed by atoms with E-state index in [-0.39, 0.29) is 49.2 Å². The van der Waals surface area contributed by atoms with E-state index in [0.29, 0.717) is 0 Å². The van der Waals surface area contributed by atoms with Gasteiger partial charge in [0.15, 0.2) is 0 Å². The van der Waals surface area contributed by atoms with Gasteiger partial charge in [-0.05, 0) is 474 Å². The molecule has 0 heterocycles. The Kier molecular flexibility index (Phi) is 209. The summed E-state index contributed by atoms with van der Waals surface area (Å²) in [6.45, 7) is 20.8. The Balaban J connectivity index is -0.0000000664. The van der Waals surface area contributed by atoms with E-state index in [1.165, 1.54) is 0 Å². The van der Waals surface area contributed by atoms with Crippen molar-refractivity contribution < 1.29 is 41.7 Å². The van der Waals surface area contributed by atoms with E-state index >= 15 is 0 Å². The molecule has 0 atom stereocenters. The molecule has 0 N–H and O–H groups in total. The molecule has 0 nitrogen and oxygen atoms in total. The zero-order valence-electron chi connectivity index (χ0n) is 59.6. The Bertz CT molecular complexity index is 5590. The first-order valence-corrected chi connectivity index (χ1v) is 26.3. The topological polar surface area (TPSA) is 0 Å². The van der Waals surface area contributed by atoms with Crippen LogP contribution < -0.4 is 0 Å². The third-order valence-electron chi connectivity index (χ3n) is 4.98. The molecule has 0 aromatic rings. The molecule has 1 heteroatoms. The summed E-state index contributed by atoms with van der Waals surface area (Å²) >= 11 is 0. The van der Waals surface area contributed by atoms with Crippen LogP contribution in [0.4, 0.5) is 0 Å². The van der Waals surface area contributed by atoms with Crippen LogP contribution in [0.15, 0.2) is 0 Å². The average molecular weight is 1460 g/mol. The molecule has 0 bridgehead atoms. The minimum Gasteiger partial charge on any atom is -0.124 e. The van der Waals surface area contributed by atoms with E-state index in [4.69, 9.17) is 70.7 Å². The van der Waals surface area contributed by atoms with E-state index in [1.54, 1.807) is 69.2 Å². The molecule has 0 unspecified atom stereocenters. The van der Waals surface area contributed by atoms with Gasteiger partial charge in [-0.15, -0.1) is 108 Å². The average Bonchev–Trinajstić information content (AvgIpc) is 3.86. The molecule has 478 valence electrons. The molecular weight excluding hydrogens is 1400 g/mol. The van der Waals surface area contributed by atoms with Crippen LogP contribution in [0.25, 0.3) is 0 Å². The first-order valence-electron chi connectivity index (χ1n) is 26.3. The van der Waals surface area contributed by atoms with E-state index in [9.17, 15) is 0 Å². The standard InChI is InChI=1S/C14H2.C13H4.C12H6.C11H4.C10H2.C9H4.C8H6.C7H4.C6H2.C5H4.C4H6.C3H4.C2H2.CH4.Ce/c1-3-5-7-9-11-13-14-12-10-8-6-4-2;1-3-5-7-9-11-13-12-10-8-6-4-2;1-3-5-7-9-11-12-10-8-6-4-2;1-3-5-7-9-11-10-8-6-4-2;1-3-5-7-9-10-8-6-4-2;1-3-5-7-9-8-6-4-2;1-3-5-7-8-6-4-2;1-3-5-7-6-4-2;1-3-5-6-4-2;1-3-5-4-2;1-3-4-2;1-3-2;1-2;;/h1-2H;1H,2H3;1-2H3;1H,2H3;1-2H;1H,2H3;1-2H3;1H,2H3;1-2H;1H,2H3;1-2H3;1H,2H3;1-2H;1H4;. The second kappa shape index (κ2) is 179. The smallest absolute Gasteiger partial charge is 0 e. The summed E-state index contributed by atoms with van der Waals surface area (Å²) in [5.41, 5.74) is 0. The largest absolute Gasteiger partial charge is 0.124 e. The Morgan fingerprint density at radius 3 is 0.245 bits per heavy atom. The van der Waals surface area contributed by atoms with Crippen molar-refractivity contribution in [1.82, 2.24) is 0 Å². The van der Waals surface area contributed by atoms with Crippen molar-refractivity contribution in [2.24, 2.45) is 0 Å². The molecule has 0 aromatic carbocycles. The molecule has 0 aliphatic carbocycles. The molecule has 0 aliphatic heterocycles. The Morgan fingerprint density at radius 2 is 0.179 bits per heavy atom. The quantitative estimate of drug-likeness (QED) is 0.213. The summed E-state index contributed by atoms with van der Waals surface area (Å²) in [5.74, 6) is 189. The fourth-order valence-electron chi connectivity index (χ4n) is 2.06. The van der Waals surface area contributed by atoms with Gasteiger partial charge in [0, 0.05) is 41.7 Å². The summed E-state index contributed by atoms with van der Waals surface area (Å²) in [5, 5.41) is 0. The van der Waals surface area contributed by atoms with Gasteiger partial charge >= 0.3 is 0 Å². The van der Waals surface area contributed by atoms with Gasteiger partial charge in [-0.1, -0.05) is 60.7 Å². The van der Waals surface area contributed by atoms with Crippen LogP contribution in [-0.2, 0) is 0 Å². The number of rotatable bonds is 0. The van der Waals surface area contributed by atoms with Crippen LogP contribution in [0.5, 0.6) is 0 Å². The van der Waals surface area contributed by atoms with Crippen LogP contribution in [-0.4, -0.2) is 0 Å². The molecule has 0 spiro atoms. The van der Waals surface area contributed by atoms with Crippen molar-refractivity contribution in [1.29, 1.82) is 0 Å². The maximum Gasteiger partial charge on any atom is 0 e. The van der Waals surface area contributed by atoms with E-state index in [2.05, 4.69) is 481 Å². The molecule has 0 amide bonds. The van der Waals surface area contributed by atoms with Crippen molar-refractivity contribution in [2.75, 3.05) is 0 Å². The molecule has 0 aromatic heterocycles. The van der Waals surface area contributed by atoms with Crippen molar-refractivity contribution in [3.63, 3.8) is 0 Å². The third kappa shape index (κ3) is 271. The molecule has 0 fully saturated rings. The zero-order chi connectivity index (χ0) is 81.2. The normalized spacial score (nSPS) is 3.42. The van der Waals surface area contributed by atoms with Gasteiger partial charge in [-0.2, -0.15) is 0 Å². The minimum absolute atomic E-state index is 0. The van der Waals surface area contributed by atoms with Crippen molar-refractivity contribution in [3.05, 3.63) is 0 Å². The fraction of sp³-hybridized carbons (Fsp3) is 0.124. The Hall–Kier alpha value is -18.9. The summed E-state index contributed by atoms with van der Waals surface area (Å²) in [4.78, 5) is 0. The van der Waals surface area contributed by atoms with Gasteiger partial charge in [-0.25, -0.2) is 0 Å². The summed E-state index contributed by atoms with van der Waals surface area (Å²) in [6.07, 6.45) is 65.3. The van der Waals surface area contributed by atoms with Crippen molar-refractivity contribution >= 4 is 0 Å².